The van der Waals surface area contributed by atoms with Crippen LogP contribution < -0.4 is 15.4 Å². The minimum absolute atomic E-state index is 0.146. The molecule has 1 aliphatic rings. The highest BCUT2D eigenvalue weighted by molar-refractivity contribution is 7.92. The highest BCUT2D eigenvalue weighted by Crippen LogP contribution is 2.32. The van der Waals surface area contributed by atoms with E-state index in [1.54, 1.807) is 54.9 Å². The topological polar surface area (TPSA) is 165 Å². The summed E-state index contributed by atoms with van der Waals surface area (Å²) in [4.78, 5) is 11.0. The van der Waals surface area contributed by atoms with Gasteiger partial charge in [-0.25, -0.2) is 26.5 Å². The van der Waals surface area contributed by atoms with Gasteiger partial charge in [-0.3, -0.25) is 4.90 Å². The third-order valence-electron chi connectivity index (χ3n) is 7.23. The van der Waals surface area contributed by atoms with Gasteiger partial charge in [0.05, 0.1) is 58.7 Å². The number of para-hydroxylation sites is 1. The first-order valence-corrected chi connectivity index (χ1v) is 17.8. The van der Waals surface area contributed by atoms with Gasteiger partial charge in [0.15, 0.2) is 15.7 Å². The molecule has 2 N–H and O–H groups in total. The summed E-state index contributed by atoms with van der Waals surface area (Å²) in [5, 5.41) is 14.3. The Morgan fingerprint density at radius 3 is 2.42 bits per heavy atom. The molecule has 0 amide bonds. The summed E-state index contributed by atoms with van der Waals surface area (Å²) in [6.07, 6.45) is 4.46. The maximum Gasteiger partial charge on any atom is 0.229 e. The summed E-state index contributed by atoms with van der Waals surface area (Å²) in [5.41, 5.74) is 2.38. The molecule has 4 aromatic rings. The first kappa shape index (κ1) is 32.6. The molecular formula is C28H34ClN9O5S2. The van der Waals surface area contributed by atoms with Gasteiger partial charge >= 0.3 is 0 Å². The number of nitrogens with zero attached hydrogens (tertiary/aromatic N) is 7. The fourth-order valence-electron chi connectivity index (χ4n) is 4.71. The first-order chi connectivity index (χ1) is 21.3. The SMILES string of the molecule is COc1cc(-n2cc(CN3CCN(S(C)(=O)=O)CC3)nn2)ccc1Nc1ncc(Cl)c(Nc2ccccc2S(=O)(=O)C(C)C)n1. The van der Waals surface area contributed by atoms with Crippen molar-refractivity contribution in [2.45, 2.75) is 30.5 Å². The third kappa shape index (κ3) is 7.53. The Bertz CT molecular complexity index is 1890. The molecule has 2 aromatic carbocycles. The fraction of sp³-hybridized carbons (Fsp3) is 0.357. The molecule has 0 radical (unpaired) electrons. The van der Waals surface area contributed by atoms with Crippen molar-refractivity contribution >= 4 is 54.6 Å². The fourth-order valence-corrected chi connectivity index (χ4v) is 6.87. The number of aromatic nitrogens is 5. The summed E-state index contributed by atoms with van der Waals surface area (Å²) in [7, 11) is -5.22. The number of methoxy groups -OCH3 is 1. The molecule has 0 spiro atoms. The predicted octanol–water partition coefficient (Wildman–Crippen LogP) is 3.47. The van der Waals surface area contributed by atoms with Crippen LogP contribution in [-0.4, -0.2) is 95.8 Å². The maximum atomic E-state index is 12.9. The van der Waals surface area contributed by atoms with E-state index in [2.05, 4.69) is 35.8 Å². The molecule has 1 aliphatic heterocycles. The lowest BCUT2D eigenvalue weighted by Crippen LogP contribution is -2.47. The Morgan fingerprint density at radius 1 is 1.00 bits per heavy atom. The Hall–Kier alpha value is -3.83. The minimum atomic E-state index is -3.57. The van der Waals surface area contributed by atoms with E-state index in [-0.39, 0.29) is 21.7 Å². The molecule has 14 nitrogen and oxygen atoms in total. The number of rotatable bonds is 11. The Kier molecular flexibility index (Phi) is 9.60. The van der Waals surface area contributed by atoms with Crippen LogP contribution in [-0.2, 0) is 26.4 Å². The van der Waals surface area contributed by atoms with Crippen LogP contribution in [0.15, 0.2) is 59.8 Å². The molecule has 0 unspecified atom stereocenters. The molecule has 5 rings (SSSR count). The number of ether oxygens (including phenoxy) is 1. The Morgan fingerprint density at radius 2 is 1.73 bits per heavy atom. The zero-order valence-electron chi connectivity index (χ0n) is 25.2. The molecule has 0 atom stereocenters. The number of sulfonamides is 1. The summed E-state index contributed by atoms with van der Waals surface area (Å²) in [6, 6.07) is 12.0. The second-order valence-electron chi connectivity index (χ2n) is 10.7. The van der Waals surface area contributed by atoms with Gasteiger partial charge in [-0.15, -0.1) is 5.10 Å². The minimum Gasteiger partial charge on any atom is -0.494 e. The highest BCUT2D eigenvalue weighted by atomic mass is 35.5. The number of hydrogen-bond acceptors (Lipinski definition) is 12. The second kappa shape index (κ2) is 13.3. The molecule has 1 saturated heterocycles. The van der Waals surface area contributed by atoms with Gasteiger partial charge in [-0.2, -0.15) is 9.29 Å². The van der Waals surface area contributed by atoms with E-state index in [0.29, 0.717) is 55.5 Å². The van der Waals surface area contributed by atoms with E-state index < -0.39 is 25.1 Å². The van der Waals surface area contributed by atoms with E-state index in [1.807, 2.05) is 12.3 Å². The number of halogens is 1. The molecule has 3 heterocycles. The monoisotopic (exact) mass is 675 g/mol. The lowest BCUT2D eigenvalue weighted by atomic mass is 10.2. The van der Waals surface area contributed by atoms with E-state index >= 15 is 0 Å². The van der Waals surface area contributed by atoms with Crippen LogP contribution in [0.3, 0.4) is 0 Å². The average Bonchev–Trinajstić information content (AvgIpc) is 3.47. The predicted molar refractivity (Wildman–Crippen MR) is 172 cm³/mol. The first-order valence-electron chi connectivity index (χ1n) is 14.0. The number of hydrogen-bond donors (Lipinski definition) is 2. The van der Waals surface area contributed by atoms with Gasteiger partial charge in [-0.05, 0) is 38.1 Å². The normalized spacial score (nSPS) is 14.9. The van der Waals surface area contributed by atoms with Crippen LogP contribution in [0.1, 0.15) is 19.5 Å². The molecule has 0 bridgehead atoms. The van der Waals surface area contributed by atoms with E-state index in [0.717, 1.165) is 5.69 Å². The summed E-state index contributed by atoms with van der Waals surface area (Å²) in [5.74, 6) is 0.920. The van der Waals surface area contributed by atoms with E-state index in [9.17, 15) is 16.8 Å². The number of nitrogens with one attached hydrogen (secondary N) is 2. The van der Waals surface area contributed by atoms with Gasteiger partial charge in [0.25, 0.3) is 0 Å². The van der Waals surface area contributed by atoms with Gasteiger partial charge < -0.3 is 15.4 Å². The zero-order valence-corrected chi connectivity index (χ0v) is 27.6. The highest BCUT2D eigenvalue weighted by Gasteiger charge is 2.25. The van der Waals surface area contributed by atoms with Gasteiger partial charge in [0, 0.05) is 38.8 Å². The molecule has 0 aliphatic carbocycles. The third-order valence-corrected chi connectivity index (χ3v) is 11.0. The van der Waals surface area contributed by atoms with Crippen LogP contribution in [0.4, 0.5) is 23.1 Å². The smallest absolute Gasteiger partial charge is 0.229 e. The van der Waals surface area contributed by atoms with Crippen molar-refractivity contribution in [2.24, 2.45) is 0 Å². The van der Waals surface area contributed by atoms with Crippen LogP contribution >= 0.6 is 11.6 Å². The van der Waals surface area contributed by atoms with Crippen molar-refractivity contribution in [1.82, 2.24) is 34.2 Å². The van der Waals surface area contributed by atoms with E-state index in [1.165, 1.54) is 23.9 Å². The summed E-state index contributed by atoms with van der Waals surface area (Å²) in [6.45, 7) is 5.91. The molecule has 240 valence electrons. The maximum absolute atomic E-state index is 12.9. The van der Waals surface area contributed by atoms with Crippen molar-refractivity contribution in [3.63, 3.8) is 0 Å². The summed E-state index contributed by atoms with van der Waals surface area (Å²) < 4.78 is 58.1. The number of sulfone groups is 1. The average molecular weight is 676 g/mol. The molecule has 2 aromatic heterocycles. The van der Waals surface area contributed by atoms with Gasteiger partial charge in [-0.1, -0.05) is 28.9 Å². The lowest BCUT2D eigenvalue weighted by Gasteiger charge is -2.32. The van der Waals surface area contributed by atoms with E-state index in [4.69, 9.17) is 16.3 Å². The van der Waals surface area contributed by atoms with Crippen molar-refractivity contribution in [1.29, 1.82) is 0 Å². The van der Waals surface area contributed by atoms with Gasteiger partial charge in [0.1, 0.15) is 10.8 Å². The van der Waals surface area contributed by atoms with Crippen LogP contribution in [0.25, 0.3) is 5.69 Å². The van der Waals surface area contributed by atoms with Crippen molar-refractivity contribution in [2.75, 3.05) is 50.2 Å². The number of piperazine rings is 1. The van der Waals surface area contributed by atoms with Crippen molar-refractivity contribution in [3.05, 3.63) is 65.6 Å². The molecular weight excluding hydrogens is 642 g/mol. The van der Waals surface area contributed by atoms with Crippen LogP contribution in [0.5, 0.6) is 5.75 Å². The second-order valence-corrected chi connectivity index (χ2v) is 15.6. The Balaban J connectivity index is 1.30. The zero-order chi connectivity index (χ0) is 32.4. The molecule has 45 heavy (non-hydrogen) atoms. The molecule has 1 fully saturated rings. The number of benzene rings is 2. The largest absolute Gasteiger partial charge is 0.494 e. The number of anilines is 4. The Labute approximate surface area is 267 Å². The van der Waals surface area contributed by atoms with Crippen LogP contribution in [0.2, 0.25) is 5.02 Å². The lowest BCUT2D eigenvalue weighted by molar-refractivity contribution is 0.180. The standard InChI is InChI=1S/C28H34ClN9O5S2/c1-19(2)45(41,42)26-8-6-5-7-24(26)31-27-22(29)16-30-28(33-27)32-23-10-9-21(15-25(23)43-3)38-18-20(34-35-38)17-36-11-13-37(14-12-36)44(4,39)40/h5-10,15-16,18-19H,11-14,17H2,1-4H3,(H2,30,31,32,33). The quantitative estimate of drug-likeness (QED) is 0.238. The summed E-state index contributed by atoms with van der Waals surface area (Å²) >= 11 is 6.38. The van der Waals surface area contributed by atoms with Crippen molar-refractivity contribution in [3.8, 4) is 11.4 Å². The molecule has 0 saturated carbocycles. The van der Waals surface area contributed by atoms with Gasteiger partial charge in [0.2, 0.25) is 16.0 Å². The molecule has 17 heteroatoms. The van der Waals surface area contributed by atoms with Crippen molar-refractivity contribution < 1.29 is 21.6 Å². The van der Waals surface area contributed by atoms with Crippen LogP contribution in [0, 0.1) is 0 Å².